The standard InChI is InChI=1S/C50H76N2O13/c1-31(9-18-46(59)60)39-15-16-40-47-41(28-44(57)50(39,40)3)49(2)20-19-38(26-34(49)27-43(47)56)65-30-37(54)14-17-45(58)52-21-22-63-23-24-64-29-36(53)8-6-4-5-7-33(48(61)62)25-42(55)32-10-12-35(51)13-11-32/h10-13,31,33-34,38-41,43-44,47,56-57H,4-9,14-30,51H2,1-3H3,(H,52,58)(H,59,60)(H,61,62)/t31-,33?,34+,38+,39-,40?,41?,43-,44+,47+,49+,50-/m1/s1. The number of carboxylic acids is 2. The van der Waals surface area contributed by atoms with Crippen molar-refractivity contribution in [1.29, 1.82) is 0 Å². The predicted molar refractivity (Wildman–Crippen MR) is 242 cm³/mol. The van der Waals surface area contributed by atoms with Crippen LogP contribution < -0.4 is 11.1 Å². The van der Waals surface area contributed by atoms with Crippen molar-refractivity contribution in [3.05, 3.63) is 29.8 Å². The Bertz CT molecular complexity index is 1770. The first-order valence-corrected chi connectivity index (χ1v) is 24.2. The number of ketones is 3. The number of nitrogen functional groups attached to an aromatic ring is 1. The Morgan fingerprint density at radius 1 is 0.800 bits per heavy atom. The van der Waals surface area contributed by atoms with Gasteiger partial charge in [-0.15, -0.1) is 0 Å². The number of carbonyl (C=O) groups excluding carboxylic acids is 4. The summed E-state index contributed by atoms with van der Waals surface area (Å²) in [5.41, 5.74) is 6.22. The average molecular weight is 913 g/mol. The summed E-state index contributed by atoms with van der Waals surface area (Å²) in [6.07, 6.45) is 7.79. The second kappa shape index (κ2) is 24.3. The number of carboxylic acid groups (broad SMARTS) is 2. The molecule has 1 aromatic rings. The van der Waals surface area contributed by atoms with Gasteiger partial charge in [0.1, 0.15) is 13.2 Å². The number of fused-ring (bicyclic) bond motifs is 5. The molecule has 7 N–H and O–H groups in total. The Balaban J connectivity index is 0.880. The third kappa shape index (κ3) is 13.9. The fourth-order valence-corrected chi connectivity index (χ4v) is 12.4. The molecule has 4 saturated carbocycles. The van der Waals surface area contributed by atoms with E-state index in [2.05, 4.69) is 26.1 Å². The Morgan fingerprint density at radius 3 is 2.25 bits per heavy atom. The van der Waals surface area contributed by atoms with Gasteiger partial charge < -0.3 is 45.7 Å². The molecule has 0 spiro atoms. The Kier molecular flexibility index (Phi) is 19.5. The van der Waals surface area contributed by atoms with Gasteiger partial charge in [-0.25, -0.2) is 0 Å². The van der Waals surface area contributed by atoms with Crippen LogP contribution in [0.15, 0.2) is 24.3 Å². The zero-order valence-corrected chi connectivity index (χ0v) is 38.9. The first kappa shape index (κ1) is 52.2. The maximum absolute atomic E-state index is 12.7. The number of nitrogens with two attached hydrogens (primary N) is 1. The molecular weight excluding hydrogens is 837 g/mol. The largest absolute Gasteiger partial charge is 0.481 e. The van der Waals surface area contributed by atoms with Crippen LogP contribution in [0.1, 0.15) is 140 Å². The number of carbonyl (C=O) groups is 6. The summed E-state index contributed by atoms with van der Waals surface area (Å²) in [6.45, 7) is 7.48. The van der Waals surface area contributed by atoms with Crippen molar-refractivity contribution in [3.63, 3.8) is 0 Å². The number of Topliss-reactive ketones (excluding diaryl/α,β-unsaturated/α-hetero) is 3. The van der Waals surface area contributed by atoms with Gasteiger partial charge in [-0.3, -0.25) is 28.8 Å². The van der Waals surface area contributed by atoms with Crippen LogP contribution in [0.3, 0.4) is 0 Å². The lowest BCUT2D eigenvalue weighted by Crippen LogP contribution is -2.62. The van der Waals surface area contributed by atoms with Crippen LogP contribution in [0, 0.1) is 52.3 Å². The average Bonchev–Trinajstić information content (AvgIpc) is 3.63. The van der Waals surface area contributed by atoms with E-state index < -0.39 is 30.1 Å². The zero-order chi connectivity index (χ0) is 47.3. The number of ether oxygens (including phenoxy) is 3. The molecule has 1 amide bonds. The molecule has 0 aromatic heterocycles. The van der Waals surface area contributed by atoms with E-state index >= 15 is 0 Å². The number of aliphatic hydroxyl groups excluding tert-OH is 2. The van der Waals surface area contributed by atoms with Crippen LogP contribution >= 0.6 is 0 Å². The molecule has 5 rings (SSSR count). The summed E-state index contributed by atoms with van der Waals surface area (Å²) in [6, 6.07) is 6.40. The molecule has 364 valence electrons. The van der Waals surface area contributed by atoms with Gasteiger partial charge in [0, 0.05) is 49.9 Å². The number of anilines is 1. The van der Waals surface area contributed by atoms with E-state index in [1.165, 1.54) is 0 Å². The van der Waals surface area contributed by atoms with Crippen molar-refractivity contribution >= 4 is 40.9 Å². The Labute approximate surface area is 384 Å². The number of amides is 1. The predicted octanol–water partition coefficient (Wildman–Crippen LogP) is 6.05. The SMILES string of the molecule is C[C@H](CCC(=O)O)[C@H]1CCC2[C@H]3C(C[C@H](O)[C@@]21C)[C@@]1(C)CC[C@H](OCC(=O)CCC(=O)NCCOCCOCC(=O)CCCCCC(CC(=O)c2ccc(N)cc2)C(=O)O)C[C@H]1C[C@H]3O. The molecule has 15 heteroatoms. The first-order chi connectivity index (χ1) is 30.9. The molecular formula is C50H76N2O13. The first-order valence-electron chi connectivity index (χ1n) is 24.2. The topological polar surface area (TPSA) is 249 Å². The van der Waals surface area contributed by atoms with Crippen LogP contribution in [0.25, 0.3) is 0 Å². The molecule has 0 saturated heterocycles. The second-order valence-corrected chi connectivity index (χ2v) is 20.2. The van der Waals surface area contributed by atoms with E-state index in [1.807, 2.05) is 0 Å². The van der Waals surface area contributed by atoms with Gasteiger partial charge in [0.05, 0.1) is 44.1 Å². The number of rotatable bonds is 28. The summed E-state index contributed by atoms with van der Waals surface area (Å²) in [5, 5.41) is 45.2. The normalized spacial score (nSPS) is 30.3. The zero-order valence-electron chi connectivity index (χ0n) is 38.9. The van der Waals surface area contributed by atoms with Crippen molar-refractivity contribution in [2.75, 3.05) is 45.3 Å². The summed E-state index contributed by atoms with van der Waals surface area (Å²) < 4.78 is 17.0. The summed E-state index contributed by atoms with van der Waals surface area (Å²) in [4.78, 5) is 72.8. The van der Waals surface area contributed by atoms with Gasteiger partial charge >= 0.3 is 11.9 Å². The molecule has 0 bridgehead atoms. The summed E-state index contributed by atoms with van der Waals surface area (Å²) in [5.74, 6) is -2.20. The number of nitrogens with one attached hydrogen (secondary N) is 1. The highest BCUT2D eigenvalue weighted by Gasteiger charge is 2.65. The fraction of sp³-hybridized carbons (Fsp3) is 0.760. The molecule has 1 aromatic carbocycles. The van der Waals surface area contributed by atoms with Crippen LogP contribution in [-0.2, 0) is 38.2 Å². The van der Waals surface area contributed by atoms with E-state index in [4.69, 9.17) is 19.9 Å². The van der Waals surface area contributed by atoms with E-state index in [0.29, 0.717) is 62.6 Å². The second-order valence-electron chi connectivity index (χ2n) is 20.2. The van der Waals surface area contributed by atoms with Crippen LogP contribution in [0.5, 0.6) is 0 Å². The van der Waals surface area contributed by atoms with Crippen molar-refractivity contribution in [1.82, 2.24) is 5.32 Å². The molecule has 3 unspecified atom stereocenters. The van der Waals surface area contributed by atoms with Crippen molar-refractivity contribution < 1.29 is 63.4 Å². The van der Waals surface area contributed by atoms with Crippen LogP contribution in [0.2, 0.25) is 0 Å². The molecule has 4 fully saturated rings. The number of hydrogen-bond donors (Lipinski definition) is 6. The van der Waals surface area contributed by atoms with Gasteiger partial charge in [0.15, 0.2) is 17.3 Å². The van der Waals surface area contributed by atoms with E-state index in [0.717, 1.165) is 32.1 Å². The third-order valence-electron chi connectivity index (χ3n) is 16.2. The maximum atomic E-state index is 12.7. The number of benzene rings is 1. The highest BCUT2D eigenvalue weighted by atomic mass is 16.5. The minimum atomic E-state index is -1.01. The van der Waals surface area contributed by atoms with E-state index in [-0.39, 0.29) is 141 Å². The lowest BCUT2D eigenvalue weighted by atomic mass is 9.43. The summed E-state index contributed by atoms with van der Waals surface area (Å²) in [7, 11) is 0. The molecule has 65 heavy (non-hydrogen) atoms. The molecule has 4 aliphatic carbocycles. The van der Waals surface area contributed by atoms with Crippen molar-refractivity contribution in [2.45, 2.75) is 148 Å². The van der Waals surface area contributed by atoms with Crippen molar-refractivity contribution in [3.8, 4) is 0 Å². The Hall–Kier alpha value is -3.76. The minimum Gasteiger partial charge on any atom is -0.481 e. The highest BCUT2D eigenvalue weighted by molar-refractivity contribution is 5.98. The lowest BCUT2D eigenvalue weighted by molar-refractivity contribution is -0.209. The Morgan fingerprint density at radius 2 is 1.52 bits per heavy atom. The molecule has 12 atom stereocenters. The quantitative estimate of drug-likeness (QED) is 0.0319. The number of aliphatic carboxylic acids is 2. The molecule has 0 radical (unpaired) electrons. The summed E-state index contributed by atoms with van der Waals surface area (Å²) >= 11 is 0. The van der Waals surface area contributed by atoms with Crippen LogP contribution in [-0.4, -0.2) is 114 Å². The van der Waals surface area contributed by atoms with Crippen molar-refractivity contribution in [2.24, 2.45) is 52.3 Å². The van der Waals surface area contributed by atoms with Crippen LogP contribution in [0.4, 0.5) is 5.69 Å². The van der Waals surface area contributed by atoms with Gasteiger partial charge in [-0.05, 0) is 135 Å². The smallest absolute Gasteiger partial charge is 0.306 e. The number of unbranched alkanes of at least 4 members (excludes halogenated alkanes) is 2. The fourth-order valence-electron chi connectivity index (χ4n) is 12.4. The molecule has 0 heterocycles. The van der Waals surface area contributed by atoms with Gasteiger partial charge in [0.25, 0.3) is 0 Å². The van der Waals surface area contributed by atoms with E-state index in [9.17, 15) is 49.2 Å². The molecule has 0 aliphatic heterocycles. The lowest BCUT2D eigenvalue weighted by Gasteiger charge is -2.63. The van der Waals surface area contributed by atoms with Gasteiger partial charge in [-0.1, -0.05) is 33.6 Å². The maximum Gasteiger partial charge on any atom is 0.306 e. The number of hydrogen-bond acceptors (Lipinski definition) is 12. The van der Waals surface area contributed by atoms with Gasteiger partial charge in [0.2, 0.25) is 5.91 Å². The minimum absolute atomic E-state index is 0.0416. The molecule has 4 aliphatic rings. The molecule has 15 nitrogen and oxygen atoms in total. The highest BCUT2D eigenvalue weighted by Crippen LogP contribution is 2.68. The van der Waals surface area contributed by atoms with Gasteiger partial charge in [-0.2, -0.15) is 0 Å². The number of aliphatic hydroxyl groups is 2. The third-order valence-corrected chi connectivity index (χ3v) is 16.2. The van der Waals surface area contributed by atoms with E-state index in [1.54, 1.807) is 24.3 Å². The monoisotopic (exact) mass is 913 g/mol.